The molecule has 1 N–H and O–H groups in total. The van der Waals surface area contributed by atoms with E-state index in [2.05, 4.69) is 27.9 Å². The zero-order chi connectivity index (χ0) is 18.8. The van der Waals surface area contributed by atoms with E-state index in [1.165, 1.54) is 0 Å². The van der Waals surface area contributed by atoms with Gasteiger partial charge in [0.2, 0.25) is 5.88 Å². The number of nitriles is 1. The van der Waals surface area contributed by atoms with Crippen LogP contribution in [0.3, 0.4) is 0 Å². The molecule has 0 bridgehead atoms. The van der Waals surface area contributed by atoms with Crippen LogP contribution in [0.5, 0.6) is 5.88 Å². The van der Waals surface area contributed by atoms with Gasteiger partial charge in [-0.25, -0.2) is 4.98 Å². The molecule has 3 aliphatic rings. The van der Waals surface area contributed by atoms with E-state index in [-0.39, 0.29) is 11.9 Å². The lowest BCUT2D eigenvalue weighted by Crippen LogP contribution is -2.44. The molecule has 1 aromatic rings. The second kappa shape index (κ2) is 8.15. The normalized spacial score (nSPS) is 29.4. The Morgan fingerprint density at radius 3 is 2.96 bits per heavy atom. The largest absolute Gasteiger partial charge is 0.474 e. The van der Waals surface area contributed by atoms with Crippen LogP contribution in [0.2, 0.25) is 5.82 Å². The lowest BCUT2D eigenvalue weighted by molar-refractivity contribution is 0.114. The maximum atomic E-state index is 9.85. The first-order valence-corrected chi connectivity index (χ1v) is 9.88. The van der Waals surface area contributed by atoms with Crippen LogP contribution in [0.4, 0.5) is 0 Å². The van der Waals surface area contributed by atoms with E-state index in [1.54, 1.807) is 6.20 Å². The summed E-state index contributed by atoms with van der Waals surface area (Å²) in [4.78, 5) is 9.06. The molecule has 144 valence electrons. The summed E-state index contributed by atoms with van der Waals surface area (Å²) in [6, 6.07) is 4.19. The maximum Gasteiger partial charge on any atom is 0.457 e. The number of ether oxygens (including phenoxy) is 1. The van der Waals surface area contributed by atoms with Crippen LogP contribution in [-0.2, 0) is 11.2 Å². The van der Waals surface area contributed by atoms with Crippen molar-refractivity contribution in [3.05, 3.63) is 23.4 Å². The molecule has 3 fully saturated rings. The number of likely N-dealkylation sites (N-methyl/N-ethyl adjacent to an activating group) is 1. The van der Waals surface area contributed by atoms with E-state index in [4.69, 9.17) is 9.39 Å². The van der Waals surface area contributed by atoms with Crippen LogP contribution in [0, 0.1) is 17.2 Å². The molecule has 3 atom stereocenters. The summed E-state index contributed by atoms with van der Waals surface area (Å²) in [7, 11) is 1.53. The second-order valence-electron chi connectivity index (χ2n) is 8.07. The lowest BCUT2D eigenvalue weighted by atomic mass is 9.62. The Bertz CT molecular complexity index is 705. The third-order valence-corrected chi connectivity index (χ3v) is 6.20. The molecule has 2 aliphatic heterocycles. The first-order valence-electron chi connectivity index (χ1n) is 9.88. The SMILES string of the molecule is CN1CCN(Cc2cc(OC3CCC4B(O)OCC4C3)ncc2C#N)CC1. The number of piperazine rings is 1. The van der Waals surface area contributed by atoms with Crippen LogP contribution < -0.4 is 4.74 Å². The van der Waals surface area contributed by atoms with Crippen molar-refractivity contribution in [1.82, 2.24) is 14.8 Å². The molecule has 4 rings (SSSR count). The van der Waals surface area contributed by atoms with Crippen molar-refractivity contribution in [3.8, 4) is 11.9 Å². The predicted octanol–water partition coefficient (Wildman–Crippen LogP) is 1.13. The molecule has 0 aromatic carbocycles. The molecular formula is C19H27BN4O3. The van der Waals surface area contributed by atoms with Gasteiger partial charge in [-0.3, -0.25) is 4.90 Å². The van der Waals surface area contributed by atoms with Gasteiger partial charge in [0.1, 0.15) is 12.2 Å². The lowest BCUT2D eigenvalue weighted by Gasteiger charge is -2.32. The van der Waals surface area contributed by atoms with Gasteiger partial charge in [0.25, 0.3) is 0 Å². The summed E-state index contributed by atoms with van der Waals surface area (Å²) in [6.07, 6.45) is 4.43. The molecule has 1 saturated carbocycles. The number of hydrogen-bond acceptors (Lipinski definition) is 7. The molecule has 8 heteroatoms. The Hall–Kier alpha value is -1.66. The highest BCUT2D eigenvalue weighted by molar-refractivity contribution is 6.45. The second-order valence-corrected chi connectivity index (χ2v) is 8.07. The Morgan fingerprint density at radius 1 is 1.37 bits per heavy atom. The van der Waals surface area contributed by atoms with Crippen molar-refractivity contribution < 1.29 is 14.4 Å². The Kier molecular flexibility index (Phi) is 5.64. The highest BCUT2D eigenvalue weighted by atomic mass is 16.5. The van der Waals surface area contributed by atoms with Crippen LogP contribution in [0.25, 0.3) is 0 Å². The zero-order valence-electron chi connectivity index (χ0n) is 15.9. The minimum atomic E-state index is -0.612. The van der Waals surface area contributed by atoms with Gasteiger partial charge in [-0.05, 0) is 43.6 Å². The maximum absolute atomic E-state index is 9.85. The number of rotatable bonds is 4. The fraction of sp³-hybridized carbons (Fsp3) is 0.684. The van der Waals surface area contributed by atoms with Crippen molar-refractivity contribution in [2.45, 2.75) is 37.7 Å². The number of fused-ring (bicyclic) bond motifs is 1. The van der Waals surface area contributed by atoms with Gasteiger partial charge < -0.3 is 19.3 Å². The summed E-state index contributed by atoms with van der Waals surface area (Å²) in [6.45, 7) is 5.48. The molecule has 1 aliphatic carbocycles. The fourth-order valence-corrected chi connectivity index (χ4v) is 4.45. The van der Waals surface area contributed by atoms with E-state index >= 15 is 0 Å². The van der Waals surface area contributed by atoms with Gasteiger partial charge in [-0.1, -0.05) is 0 Å². The van der Waals surface area contributed by atoms with E-state index in [0.29, 0.717) is 24.0 Å². The summed E-state index contributed by atoms with van der Waals surface area (Å²) < 4.78 is 11.5. The highest BCUT2D eigenvalue weighted by Gasteiger charge is 2.44. The molecule has 27 heavy (non-hydrogen) atoms. The van der Waals surface area contributed by atoms with Crippen molar-refractivity contribution in [2.75, 3.05) is 39.8 Å². The first kappa shape index (κ1) is 18.7. The molecule has 2 saturated heterocycles. The molecular weight excluding hydrogens is 343 g/mol. The van der Waals surface area contributed by atoms with Gasteiger partial charge >= 0.3 is 7.12 Å². The zero-order valence-corrected chi connectivity index (χ0v) is 15.9. The molecule has 0 radical (unpaired) electrons. The van der Waals surface area contributed by atoms with Crippen molar-refractivity contribution in [1.29, 1.82) is 5.26 Å². The van der Waals surface area contributed by atoms with E-state index in [1.807, 2.05) is 6.07 Å². The minimum absolute atomic E-state index is 0.0945. The Labute approximate surface area is 161 Å². The van der Waals surface area contributed by atoms with Gasteiger partial charge in [-0.2, -0.15) is 5.26 Å². The molecule has 7 nitrogen and oxygen atoms in total. The van der Waals surface area contributed by atoms with Gasteiger partial charge in [-0.15, -0.1) is 0 Å². The quantitative estimate of drug-likeness (QED) is 0.796. The number of pyridine rings is 1. The van der Waals surface area contributed by atoms with E-state index in [0.717, 1.165) is 57.5 Å². The topological polar surface area (TPSA) is 81.8 Å². The van der Waals surface area contributed by atoms with Crippen LogP contribution in [0.1, 0.15) is 30.4 Å². The number of nitrogens with zero attached hydrogens (tertiary/aromatic N) is 4. The van der Waals surface area contributed by atoms with Crippen molar-refractivity contribution in [2.24, 2.45) is 5.92 Å². The van der Waals surface area contributed by atoms with Gasteiger partial charge in [0.05, 0.1) is 5.56 Å². The van der Waals surface area contributed by atoms with Crippen LogP contribution in [0.15, 0.2) is 12.3 Å². The Morgan fingerprint density at radius 2 is 2.19 bits per heavy atom. The van der Waals surface area contributed by atoms with Crippen LogP contribution in [-0.4, -0.2) is 72.9 Å². The number of aromatic nitrogens is 1. The van der Waals surface area contributed by atoms with E-state index < -0.39 is 7.12 Å². The van der Waals surface area contributed by atoms with Gasteiger partial charge in [0.15, 0.2) is 0 Å². The highest BCUT2D eigenvalue weighted by Crippen LogP contribution is 2.42. The van der Waals surface area contributed by atoms with Crippen molar-refractivity contribution >= 4 is 7.12 Å². The third kappa shape index (κ3) is 4.27. The standard InChI is InChI=1S/C19H27BN4O3/c1-23-4-6-24(7-5-23)12-14-9-19(22-11-16(14)10-21)27-17-2-3-18-15(8-17)13-26-20(18)25/h9,11,15,17-18,25H,2-8,12-13H2,1H3. The molecule has 3 unspecified atom stereocenters. The Balaban J connectivity index is 1.41. The number of hydrogen-bond donors (Lipinski definition) is 1. The monoisotopic (exact) mass is 370 g/mol. The van der Waals surface area contributed by atoms with Crippen molar-refractivity contribution in [3.63, 3.8) is 0 Å². The molecule has 3 heterocycles. The summed E-state index contributed by atoms with van der Waals surface area (Å²) in [5.74, 6) is 1.20. The fourth-order valence-electron chi connectivity index (χ4n) is 4.45. The van der Waals surface area contributed by atoms with Crippen LogP contribution >= 0.6 is 0 Å². The summed E-state index contributed by atoms with van der Waals surface area (Å²) >= 11 is 0. The smallest absolute Gasteiger partial charge is 0.457 e. The summed E-state index contributed by atoms with van der Waals surface area (Å²) in [5, 5.41) is 19.3. The molecule has 1 aromatic heterocycles. The summed E-state index contributed by atoms with van der Waals surface area (Å²) in [5.41, 5.74) is 1.61. The molecule has 0 amide bonds. The molecule has 0 spiro atoms. The minimum Gasteiger partial charge on any atom is -0.474 e. The third-order valence-electron chi connectivity index (χ3n) is 6.20. The average molecular weight is 370 g/mol. The predicted molar refractivity (Wildman–Crippen MR) is 101 cm³/mol. The average Bonchev–Trinajstić information content (AvgIpc) is 3.04. The first-order chi connectivity index (χ1) is 13.1. The van der Waals surface area contributed by atoms with Gasteiger partial charge in [0, 0.05) is 51.6 Å². The van der Waals surface area contributed by atoms with E-state index in [9.17, 15) is 10.3 Å².